The smallest absolute Gasteiger partial charge is 0.0894 e. The van der Waals surface area contributed by atoms with E-state index in [0.29, 0.717) is 5.92 Å². The van der Waals surface area contributed by atoms with Gasteiger partial charge in [-0.2, -0.15) is 0 Å². The fourth-order valence-electron chi connectivity index (χ4n) is 2.83. The van der Waals surface area contributed by atoms with E-state index in [1.807, 2.05) is 30.5 Å². The molecular weight excluding hydrogens is 210 g/mol. The molecule has 0 aliphatic carbocycles. The summed E-state index contributed by atoms with van der Waals surface area (Å²) in [6, 6.07) is 8.04. The summed E-state index contributed by atoms with van der Waals surface area (Å²) in [5.74, 6) is 0.672. The Hall–Kier alpha value is -1.90. The Kier molecular flexibility index (Phi) is 1.78. The van der Waals surface area contributed by atoms with Crippen LogP contribution in [-0.4, -0.2) is 28.0 Å². The van der Waals surface area contributed by atoms with Gasteiger partial charge in [-0.1, -0.05) is 12.1 Å². The molecule has 0 amide bonds. The van der Waals surface area contributed by atoms with Crippen molar-refractivity contribution in [2.75, 3.05) is 13.1 Å². The van der Waals surface area contributed by atoms with Crippen molar-refractivity contribution >= 4 is 16.6 Å². The largest absolute Gasteiger partial charge is 0.376 e. The predicted molar refractivity (Wildman–Crippen MR) is 67.2 cm³/mol. The molecule has 3 heteroatoms. The number of nitrogens with zero attached hydrogens (tertiary/aromatic N) is 3. The molecule has 84 valence electrons. The maximum absolute atomic E-state index is 4.72. The van der Waals surface area contributed by atoms with Crippen molar-refractivity contribution in [2.45, 2.75) is 6.42 Å². The minimum absolute atomic E-state index is 0.672. The first-order valence-corrected chi connectivity index (χ1v) is 6.08. The third kappa shape index (κ3) is 1.35. The Balaban J connectivity index is 1.84. The SMILES string of the molecule is C1=C(c2cnc3ccccc3n2)C2CCN1C2. The first-order valence-electron chi connectivity index (χ1n) is 6.08. The van der Waals surface area contributed by atoms with E-state index in [1.165, 1.54) is 25.1 Å². The molecule has 4 rings (SSSR count). The predicted octanol–water partition coefficient (Wildman–Crippen LogP) is 2.31. The molecule has 3 heterocycles. The van der Waals surface area contributed by atoms with Gasteiger partial charge in [-0.05, 0) is 18.6 Å². The number of rotatable bonds is 1. The van der Waals surface area contributed by atoms with Crippen LogP contribution in [-0.2, 0) is 0 Å². The zero-order valence-electron chi connectivity index (χ0n) is 9.50. The van der Waals surface area contributed by atoms with Crippen molar-refractivity contribution in [1.82, 2.24) is 14.9 Å². The highest BCUT2D eigenvalue weighted by molar-refractivity contribution is 5.77. The summed E-state index contributed by atoms with van der Waals surface area (Å²) >= 11 is 0. The van der Waals surface area contributed by atoms with Crippen LogP contribution < -0.4 is 0 Å². The lowest BCUT2D eigenvalue weighted by molar-refractivity contribution is 0.479. The van der Waals surface area contributed by atoms with Gasteiger partial charge in [0.25, 0.3) is 0 Å². The van der Waals surface area contributed by atoms with Gasteiger partial charge in [-0.15, -0.1) is 0 Å². The third-order valence-corrected chi connectivity index (χ3v) is 3.73. The Morgan fingerprint density at radius 2 is 2.06 bits per heavy atom. The zero-order chi connectivity index (χ0) is 11.2. The average Bonchev–Trinajstić information content (AvgIpc) is 3.00. The lowest BCUT2D eigenvalue weighted by Gasteiger charge is -2.12. The number of hydrogen-bond acceptors (Lipinski definition) is 3. The second-order valence-electron chi connectivity index (χ2n) is 4.81. The molecule has 1 atom stereocenters. The fraction of sp³-hybridized carbons (Fsp3) is 0.286. The van der Waals surface area contributed by atoms with Gasteiger partial charge in [0.15, 0.2) is 0 Å². The van der Waals surface area contributed by atoms with Crippen molar-refractivity contribution in [2.24, 2.45) is 5.92 Å². The van der Waals surface area contributed by atoms with E-state index in [2.05, 4.69) is 16.1 Å². The first kappa shape index (κ1) is 9.16. The molecule has 17 heavy (non-hydrogen) atoms. The van der Waals surface area contributed by atoms with Crippen LogP contribution in [0.2, 0.25) is 0 Å². The molecule has 0 spiro atoms. The molecule has 2 aliphatic heterocycles. The van der Waals surface area contributed by atoms with Crippen molar-refractivity contribution < 1.29 is 0 Å². The molecule has 1 aromatic heterocycles. The Morgan fingerprint density at radius 3 is 2.82 bits per heavy atom. The molecule has 3 nitrogen and oxygen atoms in total. The quantitative estimate of drug-likeness (QED) is 0.743. The number of hydrogen-bond donors (Lipinski definition) is 0. The zero-order valence-corrected chi connectivity index (χ0v) is 9.50. The van der Waals surface area contributed by atoms with Gasteiger partial charge >= 0.3 is 0 Å². The van der Waals surface area contributed by atoms with Gasteiger partial charge in [0, 0.05) is 30.8 Å². The number of para-hydroxylation sites is 2. The van der Waals surface area contributed by atoms with Crippen LogP contribution in [0, 0.1) is 5.92 Å². The van der Waals surface area contributed by atoms with Gasteiger partial charge < -0.3 is 4.90 Å². The number of fused-ring (bicyclic) bond motifs is 3. The second kappa shape index (κ2) is 3.29. The van der Waals surface area contributed by atoms with Crippen molar-refractivity contribution in [3.05, 3.63) is 42.4 Å². The highest BCUT2D eigenvalue weighted by Crippen LogP contribution is 2.37. The van der Waals surface area contributed by atoms with E-state index < -0.39 is 0 Å². The van der Waals surface area contributed by atoms with E-state index in [0.717, 1.165) is 16.7 Å². The van der Waals surface area contributed by atoms with Gasteiger partial charge in [-0.3, -0.25) is 4.98 Å². The summed E-state index contributed by atoms with van der Waals surface area (Å²) in [4.78, 5) is 11.6. The normalized spacial score (nSPS) is 22.2. The molecule has 1 unspecified atom stereocenters. The summed E-state index contributed by atoms with van der Waals surface area (Å²) in [6.45, 7) is 2.37. The maximum Gasteiger partial charge on any atom is 0.0894 e. The minimum Gasteiger partial charge on any atom is -0.376 e. The van der Waals surface area contributed by atoms with Gasteiger partial charge in [0.05, 0.1) is 22.9 Å². The number of benzene rings is 1. The van der Waals surface area contributed by atoms with Gasteiger partial charge in [0.1, 0.15) is 0 Å². The summed E-state index contributed by atoms with van der Waals surface area (Å²) in [7, 11) is 0. The molecule has 0 N–H and O–H groups in total. The lowest BCUT2D eigenvalue weighted by atomic mass is 9.97. The number of aromatic nitrogens is 2. The van der Waals surface area contributed by atoms with Crippen LogP contribution in [0.25, 0.3) is 16.6 Å². The van der Waals surface area contributed by atoms with Crippen molar-refractivity contribution in [3.8, 4) is 0 Å². The first-order chi connectivity index (χ1) is 8.40. The summed E-state index contributed by atoms with van der Waals surface area (Å²) in [5, 5.41) is 0. The minimum atomic E-state index is 0.672. The van der Waals surface area contributed by atoms with Crippen LogP contribution >= 0.6 is 0 Å². The standard InChI is InChI=1S/C14H13N3/c1-2-4-13-12(3-1)15-7-14(16-13)11-9-17-6-5-10(11)8-17/h1-4,7,9-10H,5-6,8H2. The second-order valence-corrected chi connectivity index (χ2v) is 4.81. The molecule has 1 aromatic carbocycles. The van der Waals surface area contributed by atoms with E-state index in [4.69, 9.17) is 4.98 Å². The highest BCUT2D eigenvalue weighted by atomic mass is 15.2. The highest BCUT2D eigenvalue weighted by Gasteiger charge is 2.32. The van der Waals surface area contributed by atoms with Gasteiger partial charge in [0.2, 0.25) is 0 Å². The van der Waals surface area contributed by atoms with Gasteiger partial charge in [-0.25, -0.2) is 4.98 Å². The van der Waals surface area contributed by atoms with E-state index in [1.54, 1.807) is 0 Å². The molecular formula is C14H13N3. The summed E-state index contributed by atoms with van der Waals surface area (Å²) < 4.78 is 0. The lowest BCUT2D eigenvalue weighted by Crippen LogP contribution is -2.08. The molecule has 1 fully saturated rings. The average molecular weight is 223 g/mol. The monoisotopic (exact) mass is 223 g/mol. The molecule has 0 radical (unpaired) electrons. The van der Waals surface area contributed by atoms with Crippen LogP contribution in [0.5, 0.6) is 0 Å². The summed E-state index contributed by atoms with van der Waals surface area (Å²) in [5.41, 5.74) is 4.38. The molecule has 2 bridgehead atoms. The van der Waals surface area contributed by atoms with Crippen LogP contribution in [0.1, 0.15) is 12.1 Å². The van der Waals surface area contributed by atoms with E-state index in [-0.39, 0.29) is 0 Å². The fourth-order valence-corrected chi connectivity index (χ4v) is 2.83. The van der Waals surface area contributed by atoms with Crippen molar-refractivity contribution in [3.63, 3.8) is 0 Å². The Bertz CT molecular complexity index is 618. The van der Waals surface area contributed by atoms with E-state index in [9.17, 15) is 0 Å². The molecule has 1 saturated heterocycles. The molecule has 2 aliphatic rings. The summed E-state index contributed by atoms with van der Waals surface area (Å²) in [6.07, 6.45) is 5.43. The van der Waals surface area contributed by atoms with Crippen LogP contribution in [0.15, 0.2) is 36.7 Å². The van der Waals surface area contributed by atoms with Crippen LogP contribution in [0.3, 0.4) is 0 Å². The van der Waals surface area contributed by atoms with Crippen molar-refractivity contribution in [1.29, 1.82) is 0 Å². The van der Waals surface area contributed by atoms with Crippen LogP contribution in [0.4, 0.5) is 0 Å². The molecule has 2 aromatic rings. The third-order valence-electron chi connectivity index (χ3n) is 3.73. The topological polar surface area (TPSA) is 29.0 Å². The maximum atomic E-state index is 4.72. The molecule has 0 saturated carbocycles. The van der Waals surface area contributed by atoms with E-state index >= 15 is 0 Å². The Labute approximate surface area is 99.8 Å². The Morgan fingerprint density at radius 1 is 1.18 bits per heavy atom.